The van der Waals surface area contributed by atoms with Crippen molar-refractivity contribution < 1.29 is 0 Å². The van der Waals surface area contributed by atoms with Gasteiger partial charge in [-0.05, 0) is 0 Å². The van der Waals surface area contributed by atoms with Gasteiger partial charge in [0.1, 0.15) is 0 Å². The van der Waals surface area contributed by atoms with E-state index in [4.69, 9.17) is 0 Å². The van der Waals surface area contributed by atoms with Gasteiger partial charge in [-0.15, -0.1) is 0 Å². The van der Waals surface area contributed by atoms with Gasteiger partial charge in [0, 0.05) is 0 Å². The third-order valence-electron chi connectivity index (χ3n) is 5.32. The molecule has 0 aromatic heterocycles. The van der Waals surface area contributed by atoms with Crippen LogP contribution in [0.15, 0.2) is 0 Å². The van der Waals surface area contributed by atoms with Crippen LogP contribution in [0.1, 0.15) is 0 Å². The molecule has 0 saturated carbocycles. The minimum absolute atomic E-state index is 0.0108. The molecule has 2 aliphatic rings. The fourth-order valence-corrected chi connectivity index (χ4v) is 44.4. The topological polar surface area (TPSA) is 6.48 Å². The summed E-state index contributed by atoms with van der Waals surface area (Å²) >= 11 is 0.0108. The van der Waals surface area contributed by atoms with Crippen LogP contribution in [0.4, 0.5) is 0 Å². The van der Waals surface area contributed by atoms with E-state index in [2.05, 4.69) is 58.8 Å². The number of hydrogen-bond donors (Lipinski definition) is 0. The third-order valence-corrected chi connectivity index (χ3v) is 42.5. The molecule has 2 saturated heterocycles. The molecule has 2 radical (unpaired) electrons. The van der Waals surface area contributed by atoms with Gasteiger partial charge < -0.3 is 0 Å². The fraction of sp³-hybridized carbons (Fsp3) is 1.00. The maximum absolute atomic E-state index is 3.22. The first-order chi connectivity index (χ1) is 8.39. The molecule has 0 aromatic carbocycles. The summed E-state index contributed by atoms with van der Waals surface area (Å²) in [6.07, 6.45) is 0. The Morgan fingerprint density at radius 2 is 0.737 bits per heavy atom. The molecule has 0 amide bonds. The van der Waals surface area contributed by atoms with Gasteiger partial charge >= 0.3 is 132 Å². The normalized spacial score (nSPS) is 32.8. The van der Waals surface area contributed by atoms with Gasteiger partial charge in [0.05, 0.1) is 0 Å². The van der Waals surface area contributed by atoms with E-state index in [1.54, 1.807) is 24.2 Å². The van der Waals surface area contributed by atoms with Crippen LogP contribution in [0.3, 0.4) is 0 Å². The Morgan fingerprint density at radius 1 is 0.526 bits per heavy atom. The molecule has 110 valence electrons. The molecule has 0 atom stereocenters. The molecule has 0 unspecified atom stereocenters. The molecule has 2 aliphatic heterocycles. The number of hydrogen-bond acceptors (Lipinski definition) is 2. The minimum atomic E-state index is -1.04. The second-order valence-electron chi connectivity index (χ2n) is 9.02. The molecule has 0 aliphatic carbocycles. The van der Waals surface area contributed by atoms with Crippen molar-refractivity contribution in [2.24, 2.45) is 0 Å². The predicted molar refractivity (Wildman–Crippen MR) is 98.6 cm³/mol. The van der Waals surface area contributed by atoms with E-state index in [9.17, 15) is 0 Å². The molecule has 0 N–H and O–H groups in total. The van der Waals surface area contributed by atoms with Crippen LogP contribution in [0.25, 0.3) is 0 Å². The van der Waals surface area contributed by atoms with Crippen LogP contribution in [-0.2, 0) is 0 Å². The Balaban J connectivity index is 2.24. The van der Waals surface area contributed by atoms with Crippen molar-refractivity contribution in [1.82, 2.24) is 6.38 Å². The van der Waals surface area contributed by atoms with Gasteiger partial charge in [0.15, 0.2) is 0 Å². The van der Waals surface area contributed by atoms with Crippen molar-refractivity contribution in [3.8, 4) is 0 Å². The van der Waals surface area contributed by atoms with E-state index in [1.165, 1.54) is 0 Å². The average molecular weight is 389 g/mol. The van der Waals surface area contributed by atoms with Crippen molar-refractivity contribution in [3.63, 3.8) is 0 Å². The monoisotopic (exact) mass is 390 g/mol. The molecule has 0 spiro atoms. The van der Waals surface area contributed by atoms with Crippen molar-refractivity contribution >= 4 is 48.8 Å². The summed E-state index contributed by atoms with van der Waals surface area (Å²) in [5.74, 6) is 0. The zero-order valence-electron chi connectivity index (χ0n) is 14.2. The Kier molecular flexibility index (Phi) is 4.32. The molecule has 2 heterocycles. The average Bonchev–Trinajstić information content (AvgIpc) is 2.55. The number of nitrogens with zero attached hydrogens (tertiary/aromatic N) is 2. The zero-order chi connectivity index (χ0) is 14.7. The van der Waals surface area contributed by atoms with E-state index in [0.29, 0.717) is 0 Å². The Labute approximate surface area is 131 Å². The summed E-state index contributed by atoms with van der Waals surface area (Å²) in [7, 11) is -4.18. The van der Waals surface area contributed by atoms with Gasteiger partial charge in [0.25, 0.3) is 0 Å². The standard InChI is InChI=1S/C12H32GeN2Si4/c1-16(2)9-10-17(3,4)14(16)13-15-18(5,6)11-12-19(15,7)8/h9-12H2,1-8H3. The van der Waals surface area contributed by atoms with E-state index in [1.807, 2.05) is 0 Å². The van der Waals surface area contributed by atoms with Crippen molar-refractivity contribution in [2.45, 2.75) is 76.6 Å². The van der Waals surface area contributed by atoms with Crippen LogP contribution in [0, 0.1) is 0 Å². The van der Waals surface area contributed by atoms with Gasteiger partial charge in [-0.1, -0.05) is 0 Å². The van der Waals surface area contributed by atoms with Crippen LogP contribution in [-0.4, -0.2) is 55.2 Å². The van der Waals surface area contributed by atoms with Crippen LogP contribution < -0.4 is 0 Å². The Bertz CT molecular complexity index is 305. The summed E-state index contributed by atoms with van der Waals surface area (Å²) in [5.41, 5.74) is 0. The molecular formula is C12H32GeN2Si4. The molecular weight excluding hydrogens is 357 g/mol. The Morgan fingerprint density at radius 3 is 0.947 bits per heavy atom. The Hall–Kier alpha value is 1.33. The molecule has 2 fully saturated rings. The quantitative estimate of drug-likeness (QED) is 0.660. The second kappa shape index (κ2) is 4.92. The summed E-state index contributed by atoms with van der Waals surface area (Å²) < 4.78 is 6.43. The number of rotatable bonds is 2. The zero-order valence-corrected chi connectivity index (χ0v) is 20.3. The predicted octanol–water partition coefficient (Wildman–Crippen LogP) is 3.97. The first-order valence-electron chi connectivity index (χ1n) is 7.76. The van der Waals surface area contributed by atoms with Gasteiger partial charge in [-0.25, -0.2) is 0 Å². The molecule has 0 bridgehead atoms. The molecule has 0 aromatic rings. The van der Waals surface area contributed by atoms with Crippen LogP contribution >= 0.6 is 0 Å². The summed E-state index contributed by atoms with van der Waals surface area (Å²) in [6, 6.07) is 6.31. The third kappa shape index (κ3) is 3.09. The SMILES string of the molecule is C[Si]1(C)CC[Si](C)(C)[N]1[Ge][N]1[Si](C)(C)CC[Si]1(C)C. The molecule has 2 rings (SSSR count). The molecule has 7 heteroatoms. The maximum atomic E-state index is 3.22. The van der Waals surface area contributed by atoms with Crippen molar-refractivity contribution in [3.05, 3.63) is 0 Å². The van der Waals surface area contributed by atoms with Gasteiger partial charge in [-0.2, -0.15) is 0 Å². The van der Waals surface area contributed by atoms with Crippen LogP contribution in [0.2, 0.25) is 76.6 Å². The summed E-state index contributed by atoms with van der Waals surface area (Å²) in [4.78, 5) is 0. The van der Waals surface area contributed by atoms with Gasteiger partial charge in [0.2, 0.25) is 0 Å². The van der Waals surface area contributed by atoms with E-state index in [-0.39, 0.29) is 15.9 Å². The summed E-state index contributed by atoms with van der Waals surface area (Å²) in [5, 5.41) is 0. The van der Waals surface area contributed by atoms with E-state index < -0.39 is 32.9 Å². The molecule has 2 nitrogen and oxygen atoms in total. The molecule has 19 heavy (non-hydrogen) atoms. The van der Waals surface area contributed by atoms with E-state index >= 15 is 0 Å². The first-order valence-corrected chi connectivity index (χ1v) is 22.2. The summed E-state index contributed by atoms with van der Waals surface area (Å²) in [6.45, 7) is 21.2. The first kappa shape index (κ1) is 16.7. The van der Waals surface area contributed by atoms with Crippen molar-refractivity contribution in [2.75, 3.05) is 0 Å². The van der Waals surface area contributed by atoms with Crippen molar-refractivity contribution in [1.29, 1.82) is 0 Å². The van der Waals surface area contributed by atoms with Crippen LogP contribution in [0.5, 0.6) is 0 Å². The second-order valence-corrected chi connectivity index (χ2v) is 34.3. The van der Waals surface area contributed by atoms with Gasteiger partial charge in [-0.3, -0.25) is 0 Å². The van der Waals surface area contributed by atoms with E-state index in [0.717, 1.165) is 0 Å². The fourth-order valence-electron chi connectivity index (χ4n) is 3.95.